The van der Waals surface area contributed by atoms with E-state index >= 15 is 0 Å². The fraction of sp³-hybridized carbons (Fsp3) is 0. The topological polar surface area (TPSA) is 56.0 Å². The van der Waals surface area contributed by atoms with E-state index < -0.39 is 0 Å². The molecule has 0 amide bonds. The summed E-state index contributed by atoms with van der Waals surface area (Å²) in [5, 5.41) is 0.227. The molecule has 1 heterocycles. The molecular weight excluding hydrogens is 152 g/mol. The molecule has 0 saturated carbocycles. The third kappa shape index (κ3) is 1.25. The van der Waals surface area contributed by atoms with Crippen LogP contribution in [-0.2, 0) is 0 Å². The van der Waals surface area contributed by atoms with Crippen molar-refractivity contribution in [2.45, 2.75) is 0 Å². The number of aldehydes is 1. The zero-order valence-electron chi connectivity index (χ0n) is 5.04. The third-order valence-corrected chi connectivity index (χ3v) is 1.34. The number of carbonyl (C=O) groups excluding carboxylic acids is 1. The lowest BCUT2D eigenvalue weighted by atomic mass is 10.3. The molecular formula is C6H5ClN2O. The normalized spacial score (nSPS) is 9.30. The lowest BCUT2D eigenvalue weighted by molar-refractivity contribution is 0.112. The Bertz CT molecular complexity index is 262. The second kappa shape index (κ2) is 2.66. The summed E-state index contributed by atoms with van der Waals surface area (Å²) in [7, 11) is 0. The number of hydrogen-bond donors (Lipinski definition) is 1. The highest BCUT2D eigenvalue weighted by molar-refractivity contribution is 6.31. The van der Waals surface area contributed by atoms with E-state index in [0.717, 1.165) is 0 Å². The molecule has 2 N–H and O–H groups in total. The molecule has 0 bridgehead atoms. The van der Waals surface area contributed by atoms with Crippen molar-refractivity contribution in [1.29, 1.82) is 0 Å². The van der Waals surface area contributed by atoms with Gasteiger partial charge in [-0.2, -0.15) is 0 Å². The van der Waals surface area contributed by atoms with Gasteiger partial charge in [0, 0.05) is 11.8 Å². The largest absolute Gasteiger partial charge is 0.396 e. The summed E-state index contributed by atoms with van der Waals surface area (Å²) in [6, 6.07) is 1.47. The first kappa shape index (κ1) is 7.02. The second-order valence-corrected chi connectivity index (χ2v) is 2.12. The van der Waals surface area contributed by atoms with Gasteiger partial charge >= 0.3 is 0 Å². The molecule has 0 spiro atoms. The summed E-state index contributed by atoms with van der Waals surface area (Å²) < 4.78 is 0. The van der Waals surface area contributed by atoms with E-state index in [1.54, 1.807) is 0 Å². The van der Waals surface area contributed by atoms with Gasteiger partial charge in [0.15, 0.2) is 11.4 Å². The van der Waals surface area contributed by atoms with Crippen LogP contribution < -0.4 is 5.73 Å². The molecule has 0 aliphatic rings. The van der Waals surface area contributed by atoms with E-state index in [1.165, 1.54) is 12.3 Å². The Labute approximate surface area is 62.8 Å². The predicted molar refractivity (Wildman–Crippen MR) is 39.0 cm³/mol. The van der Waals surface area contributed by atoms with Gasteiger partial charge in [0.05, 0.1) is 5.69 Å². The first-order chi connectivity index (χ1) is 4.74. The number of anilines is 1. The van der Waals surface area contributed by atoms with E-state index in [1.807, 2.05) is 0 Å². The lowest BCUT2D eigenvalue weighted by Crippen LogP contribution is -1.91. The van der Waals surface area contributed by atoms with Crippen LogP contribution >= 0.6 is 11.6 Å². The van der Waals surface area contributed by atoms with E-state index in [9.17, 15) is 4.79 Å². The number of nitrogens with two attached hydrogens (primary N) is 1. The van der Waals surface area contributed by atoms with Crippen LogP contribution in [0, 0.1) is 0 Å². The number of halogens is 1. The molecule has 0 atom stereocenters. The number of rotatable bonds is 1. The summed E-state index contributed by atoms with van der Waals surface area (Å²) in [6.45, 7) is 0. The van der Waals surface area contributed by atoms with Gasteiger partial charge in [0.2, 0.25) is 0 Å². The van der Waals surface area contributed by atoms with Crippen LogP contribution in [0.25, 0.3) is 0 Å². The molecule has 0 aromatic carbocycles. The van der Waals surface area contributed by atoms with Crippen molar-refractivity contribution in [1.82, 2.24) is 4.98 Å². The van der Waals surface area contributed by atoms with Crippen LogP contribution in [0.5, 0.6) is 0 Å². The van der Waals surface area contributed by atoms with Crippen molar-refractivity contribution in [3.8, 4) is 0 Å². The Balaban J connectivity index is 3.16. The van der Waals surface area contributed by atoms with Crippen molar-refractivity contribution in [3.63, 3.8) is 0 Å². The number of nitrogens with zero attached hydrogens (tertiary/aromatic N) is 1. The smallest absolute Gasteiger partial charge is 0.151 e. The average molecular weight is 157 g/mol. The summed E-state index contributed by atoms with van der Waals surface area (Å²) in [4.78, 5) is 13.8. The monoisotopic (exact) mass is 156 g/mol. The highest BCUT2D eigenvalue weighted by atomic mass is 35.5. The van der Waals surface area contributed by atoms with Gasteiger partial charge in [-0.1, -0.05) is 11.6 Å². The molecule has 1 aromatic heterocycles. The Morgan fingerprint density at radius 3 is 2.90 bits per heavy atom. The molecule has 0 fully saturated rings. The van der Waals surface area contributed by atoms with Gasteiger partial charge in [0.25, 0.3) is 0 Å². The molecule has 1 rings (SSSR count). The number of nitrogen functional groups attached to an aromatic ring is 1. The molecule has 52 valence electrons. The first-order valence-corrected chi connectivity index (χ1v) is 2.98. The molecule has 0 saturated heterocycles. The summed E-state index contributed by atoms with van der Waals surface area (Å²) in [5.74, 6) is 0. The quantitative estimate of drug-likeness (QED) is 0.490. The molecule has 0 radical (unpaired) electrons. The minimum absolute atomic E-state index is 0.227. The van der Waals surface area contributed by atoms with Crippen molar-refractivity contribution in [2.75, 3.05) is 5.73 Å². The van der Waals surface area contributed by atoms with E-state index in [-0.39, 0.29) is 5.15 Å². The van der Waals surface area contributed by atoms with Gasteiger partial charge < -0.3 is 5.73 Å². The van der Waals surface area contributed by atoms with E-state index in [2.05, 4.69) is 4.98 Å². The van der Waals surface area contributed by atoms with E-state index in [4.69, 9.17) is 17.3 Å². The molecule has 3 nitrogen and oxygen atoms in total. The number of pyridine rings is 1. The van der Waals surface area contributed by atoms with Crippen LogP contribution in [0.15, 0.2) is 12.3 Å². The highest BCUT2D eigenvalue weighted by Crippen LogP contribution is 2.14. The van der Waals surface area contributed by atoms with Crippen LogP contribution in [0.2, 0.25) is 5.15 Å². The van der Waals surface area contributed by atoms with Crippen LogP contribution in [0.3, 0.4) is 0 Å². The molecule has 0 aliphatic heterocycles. The number of hydrogen-bond acceptors (Lipinski definition) is 3. The minimum atomic E-state index is 0.227. The summed E-state index contributed by atoms with van der Waals surface area (Å²) in [5.41, 5.74) is 6.10. The molecule has 1 aromatic rings. The average Bonchev–Trinajstić information content (AvgIpc) is 1.95. The second-order valence-electron chi connectivity index (χ2n) is 1.77. The Morgan fingerprint density at radius 2 is 2.40 bits per heavy atom. The standard InChI is InChI=1S/C6H5ClN2O/c7-6-5(8)1-4(3-10)2-9-6/h1-3H,8H2. The predicted octanol–water partition coefficient (Wildman–Crippen LogP) is 1.13. The van der Waals surface area contributed by atoms with Crippen molar-refractivity contribution < 1.29 is 4.79 Å². The molecule has 0 aliphatic carbocycles. The first-order valence-electron chi connectivity index (χ1n) is 2.60. The van der Waals surface area contributed by atoms with Gasteiger partial charge in [-0.15, -0.1) is 0 Å². The molecule has 0 unspecified atom stereocenters. The van der Waals surface area contributed by atoms with Gasteiger partial charge in [-0.3, -0.25) is 4.79 Å². The fourth-order valence-corrected chi connectivity index (χ4v) is 0.650. The zero-order chi connectivity index (χ0) is 7.56. The maximum atomic E-state index is 10.1. The Morgan fingerprint density at radius 1 is 1.70 bits per heavy atom. The van der Waals surface area contributed by atoms with Crippen LogP contribution in [0.4, 0.5) is 5.69 Å². The number of aromatic nitrogens is 1. The Kier molecular flexibility index (Phi) is 1.87. The van der Waals surface area contributed by atoms with Crippen LogP contribution in [-0.4, -0.2) is 11.3 Å². The van der Waals surface area contributed by atoms with Gasteiger partial charge in [0.1, 0.15) is 0 Å². The van der Waals surface area contributed by atoms with Gasteiger partial charge in [-0.25, -0.2) is 4.98 Å². The Hall–Kier alpha value is -1.09. The van der Waals surface area contributed by atoms with Crippen molar-refractivity contribution in [2.24, 2.45) is 0 Å². The fourth-order valence-electron chi connectivity index (χ4n) is 0.547. The summed E-state index contributed by atoms with van der Waals surface area (Å²) >= 11 is 5.49. The molecule has 10 heavy (non-hydrogen) atoms. The zero-order valence-corrected chi connectivity index (χ0v) is 5.80. The SMILES string of the molecule is Nc1cc(C=O)cnc1Cl. The van der Waals surface area contributed by atoms with Crippen LogP contribution in [0.1, 0.15) is 10.4 Å². The van der Waals surface area contributed by atoms with E-state index in [0.29, 0.717) is 17.5 Å². The number of carbonyl (C=O) groups is 1. The minimum Gasteiger partial charge on any atom is -0.396 e. The third-order valence-electron chi connectivity index (χ3n) is 1.02. The van der Waals surface area contributed by atoms with Crippen molar-refractivity contribution >= 4 is 23.6 Å². The maximum absolute atomic E-state index is 10.1. The van der Waals surface area contributed by atoms with Gasteiger partial charge in [-0.05, 0) is 6.07 Å². The lowest BCUT2D eigenvalue weighted by Gasteiger charge is -1.94. The maximum Gasteiger partial charge on any atom is 0.151 e. The van der Waals surface area contributed by atoms with Crippen molar-refractivity contribution in [3.05, 3.63) is 23.0 Å². The molecule has 4 heteroatoms. The summed E-state index contributed by atoms with van der Waals surface area (Å²) in [6.07, 6.45) is 2.03. The highest BCUT2D eigenvalue weighted by Gasteiger charge is 1.96.